The molecular formula is C17H28N4O2. The summed E-state index contributed by atoms with van der Waals surface area (Å²) in [4.78, 5) is 28.2. The van der Waals surface area contributed by atoms with Gasteiger partial charge in [0.2, 0.25) is 11.8 Å². The Morgan fingerprint density at radius 3 is 2.26 bits per heavy atom. The Bertz CT molecular complexity index is 469. The SMILES string of the molecule is CC(C)C(=O)N1CCN(CC(=O)NC2(C#N)CCCCC2)CC1. The van der Waals surface area contributed by atoms with Crippen molar-refractivity contribution < 1.29 is 9.59 Å². The molecule has 6 nitrogen and oxygen atoms in total. The first-order chi connectivity index (χ1) is 11.0. The van der Waals surface area contributed by atoms with Crippen LogP contribution in [0.1, 0.15) is 46.0 Å². The number of nitriles is 1. The van der Waals surface area contributed by atoms with Crippen molar-refractivity contribution in [3.63, 3.8) is 0 Å². The van der Waals surface area contributed by atoms with Crippen LogP contribution in [0.25, 0.3) is 0 Å². The van der Waals surface area contributed by atoms with Gasteiger partial charge in [-0.25, -0.2) is 0 Å². The van der Waals surface area contributed by atoms with Crippen molar-refractivity contribution >= 4 is 11.8 Å². The molecule has 1 aliphatic carbocycles. The highest BCUT2D eigenvalue weighted by atomic mass is 16.2. The van der Waals surface area contributed by atoms with Crippen LogP contribution >= 0.6 is 0 Å². The summed E-state index contributed by atoms with van der Waals surface area (Å²) in [6.07, 6.45) is 4.66. The molecule has 0 radical (unpaired) electrons. The van der Waals surface area contributed by atoms with E-state index in [1.807, 2.05) is 18.7 Å². The summed E-state index contributed by atoms with van der Waals surface area (Å²) in [5.74, 6) is 0.128. The monoisotopic (exact) mass is 320 g/mol. The predicted molar refractivity (Wildman–Crippen MR) is 87.4 cm³/mol. The second kappa shape index (κ2) is 7.78. The van der Waals surface area contributed by atoms with Crippen LogP contribution in [0, 0.1) is 17.2 Å². The highest BCUT2D eigenvalue weighted by molar-refractivity contribution is 5.80. The zero-order valence-electron chi connectivity index (χ0n) is 14.3. The fraction of sp³-hybridized carbons (Fsp3) is 0.824. The molecular weight excluding hydrogens is 292 g/mol. The van der Waals surface area contributed by atoms with Gasteiger partial charge in [-0.1, -0.05) is 33.1 Å². The number of hydrogen-bond acceptors (Lipinski definition) is 4. The minimum Gasteiger partial charge on any atom is -0.340 e. The second-order valence-corrected chi connectivity index (χ2v) is 7.06. The topological polar surface area (TPSA) is 76.4 Å². The maximum atomic E-state index is 12.3. The Morgan fingerprint density at radius 2 is 1.74 bits per heavy atom. The van der Waals surface area contributed by atoms with Crippen molar-refractivity contribution in [1.82, 2.24) is 15.1 Å². The molecule has 0 aromatic heterocycles. The minimum absolute atomic E-state index is 0.0200. The zero-order valence-corrected chi connectivity index (χ0v) is 14.3. The van der Waals surface area contributed by atoms with Crippen molar-refractivity contribution in [1.29, 1.82) is 5.26 Å². The van der Waals surface area contributed by atoms with E-state index >= 15 is 0 Å². The summed E-state index contributed by atoms with van der Waals surface area (Å²) >= 11 is 0. The first kappa shape index (κ1) is 17.7. The summed E-state index contributed by atoms with van der Waals surface area (Å²) in [7, 11) is 0. The van der Waals surface area contributed by atoms with Gasteiger partial charge in [-0.15, -0.1) is 0 Å². The number of piperazine rings is 1. The van der Waals surface area contributed by atoms with E-state index in [9.17, 15) is 14.9 Å². The lowest BCUT2D eigenvalue weighted by Crippen LogP contribution is -2.55. The van der Waals surface area contributed by atoms with Gasteiger partial charge in [0.05, 0.1) is 12.6 Å². The van der Waals surface area contributed by atoms with Crippen molar-refractivity contribution in [3.05, 3.63) is 0 Å². The van der Waals surface area contributed by atoms with Crippen LogP contribution in [0.3, 0.4) is 0 Å². The van der Waals surface area contributed by atoms with Crippen LogP contribution in [0.5, 0.6) is 0 Å². The maximum Gasteiger partial charge on any atom is 0.235 e. The molecule has 1 N–H and O–H groups in total. The zero-order chi connectivity index (χ0) is 16.9. The van der Waals surface area contributed by atoms with Gasteiger partial charge in [0.25, 0.3) is 0 Å². The summed E-state index contributed by atoms with van der Waals surface area (Å²) in [6, 6.07) is 2.32. The van der Waals surface area contributed by atoms with E-state index < -0.39 is 5.54 Å². The smallest absolute Gasteiger partial charge is 0.235 e. The van der Waals surface area contributed by atoms with Gasteiger partial charge >= 0.3 is 0 Å². The molecule has 2 rings (SSSR count). The summed E-state index contributed by atoms with van der Waals surface area (Å²) in [5, 5.41) is 12.4. The molecule has 128 valence electrons. The van der Waals surface area contributed by atoms with E-state index in [1.165, 1.54) is 0 Å². The van der Waals surface area contributed by atoms with E-state index in [2.05, 4.69) is 16.3 Å². The maximum absolute atomic E-state index is 12.3. The molecule has 0 unspecified atom stereocenters. The lowest BCUT2D eigenvalue weighted by atomic mass is 9.83. The molecule has 1 heterocycles. The Morgan fingerprint density at radius 1 is 1.13 bits per heavy atom. The fourth-order valence-corrected chi connectivity index (χ4v) is 3.42. The molecule has 2 aliphatic rings. The van der Waals surface area contributed by atoms with Crippen LogP contribution in [-0.4, -0.2) is 59.9 Å². The highest BCUT2D eigenvalue weighted by Crippen LogP contribution is 2.27. The molecule has 0 aromatic carbocycles. The Labute approximate surface area is 138 Å². The average molecular weight is 320 g/mol. The highest BCUT2D eigenvalue weighted by Gasteiger charge is 2.34. The van der Waals surface area contributed by atoms with Gasteiger partial charge in [-0.3, -0.25) is 14.5 Å². The van der Waals surface area contributed by atoms with Crippen molar-refractivity contribution in [2.24, 2.45) is 5.92 Å². The molecule has 1 saturated carbocycles. The normalized spacial score (nSPS) is 21.7. The first-order valence-corrected chi connectivity index (χ1v) is 8.69. The second-order valence-electron chi connectivity index (χ2n) is 7.06. The third kappa shape index (κ3) is 4.68. The standard InChI is InChI=1S/C17H28N4O2/c1-14(2)16(23)21-10-8-20(9-11-21)12-15(22)19-17(13-18)6-4-3-5-7-17/h14H,3-12H2,1-2H3,(H,19,22). The third-order valence-corrected chi connectivity index (χ3v) is 4.84. The summed E-state index contributed by atoms with van der Waals surface area (Å²) < 4.78 is 0. The fourth-order valence-electron chi connectivity index (χ4n) is 3.42. The van der Waals surface area contributed by atoms with Crippen LogP contribution in [0.2, 0.25) is 0 Å². The van der Waals surface area contributed by atoms with Gasteiger partial charge in [0.15, 0.2) is 0 Å². The van der Waals surface area contributed by atoms with E-state index in [4.69, 9.17) is 0 Å². The largest absolute Gasteiger partial charge is 0.340 e. The Kier molecular flexibility index (Phi) is 6.00. The van der Waals surface area contributed by atoms with E-state index in [1.54, 1.807) is 0 Å². The van der Waals surface area contributed by atoms with Gasteiger partial charge in [-0.2, -0.15) is 5.26 Å². The first-order valence-electron chi connectivity index (χ1n) is 8.69. The quantitative estimate of drug-likeness (QED) is 0.842. The number of rotatable bonds is 4. The molecule has 0 aromatic rings. The number of nitrogens with zero attached hydrogens (tertiary/aromatic N) is 3. The number of amides is 2. The Balaban J connectivity index is 1.79. The summed E-state index contributed by atoms with van der Waals surface area (Å²) in [6.45, 7) is 6.91. The minimum atomic E-state index is -0.662. The molecule has 0 atom stereocenters. The number of nitrogens with one attached hydrogen (secondary N) is 1. The van der Waals surface area contributed by atoms with Crippen molar-refractivity contribution in [2.75, 3.05) is 32.7 Å². The Hall–Kier alpha value is -1.61. The van der Waals surface area contributed by atoms with Gasteiger partial charge < -0.3 is 10.2 Å². The van der Waals surface area contributed by atoms with Gasteiger partial charge in [0, 0.05) is 32.1 Å². The predicted octanol–water partition coefficient (Wildman–Crippen LogP) is 1.13. The molecule has 2 fully saturated rings. The number of hydrogen-bond donors (Lipinski definition) is 1. The molecule has 1 saturated heterocycles. The summed E-state index contributed by atoms with van der Waals surface area (Å²) in [5.41, 5.74) is -0.662. The van der Waals surface area contributed by atoms with Crippen molar-refractivity contribution in [3.8, 4) is 6.07 Å². The van der Waals surface area contributed by atoms with Crippen LogP contribution < -0.4 is 5.32 Å². The average Bonchev–Trinajstić information content (AvgIpc) is 2.55. The number of carbonyl (C=O) groups is 2. The van der Waals surface area contributed by atoms with Crippen LogP contribution in [0.4, 0.5) is 0 Å². The lowest BCUT2D eigenvalue weighted by Gasteiger charge is -2.36. The molecule has 2 amide bonds. The van der Waals surface area contributed by atoms with Gasteiger partial charge in [-0.05, 0) is 12.8 Å². The molecule has 0 bridgehead atoms. The van der Waals surface area contributed by atoms with Crippen LogP contribution in [0.15, 0.2) is 0 Å². The molecule has 0 spiro atoms. The van der Waals surface area contributed by atoms with E-state index in [-0.39, 0.29) is 17.7 Å². The van der Waals surface area contributed by atoms with Crippen LogP contribution in [-0.2, 0) is 9.59 Å². The molecule has 6 heteroatoms. The van der Waals surface area contributed by atoms with E-state index in [0.29, 0.717) is 32.7 Å². The molecule has 23 heavy (non-hydrogen) atoms. The molecule has 1 aliphatic heterocycles. The van der Waals surface area contributed by atoms with Gasteiger partial charge in [0.1, 0.15) is 5.54 Å². The van der Waals surface area contributed by atoms with E-state index in [0.717, 1.165) is 32.1 Å². The lowest BCUT2D eigenvalue weighted by molar-refractivity contribution is -0.136. The number of carbonyl (C=O) groups excluding carboxylic acids is 2. The van der Waals surface area contributed by atoms with Crippen molar-refractivity contribution in [2.45, 2.75) is 51.5 Å². The third-order valence-electron chi connectivity index (χ3n) is 4.84.